The number of fused-ring (bicyclic) bond motifs is 1. The van der Waals surface area contributed by atoms with Gasteiger partial charge in [0, 0.05) is 21.5 Å². The molecule has 0 saturated carbocycles. The van der Waals surface area contributed by atoms with E-state index in [1.165, 1.54) is 30.6 Å². The topological polar surface area (TPSA) is 59.5 Å². The number of aromatic nitrogens is 2. The molecule has 0 aliphatic carbocycles. The molecule has 1 aromatic heterocycles. The van der Waals surface area contributed by atoms with Crippen LogP contribution in [0.2, 0.25) is 0 Å². The summed E-state index contributed by atoms with van der Waals surface area (Å²) in [5.74, 6) is -0.981. The third kappa shape index (κ3) is 5.55. The Morgan fingerprint density at radius 2 is 2.00 bits per heavy atom. The van der Waals surface area contributed by atoms with Gasteiger partial charge < -0.3 is 14.8 Å². The molecule has 1 aliphatic heterocycles. The molecule has 0 spiro atoms. The summed E-state index contributed by atoms with van der Waals surface area (Å²) in [5, 5.41) is 3.25. The molecule has 1 fully saturated rings. The molecular formula is C25H30BrFN4O2. The van der Waals surface area contributed by atoms with Gasteiger partial charge in [0.2, 0.25) is 0 Å². The lowest BCUT2D eigenvalue weighted by molar-refractivity contribution is 0.0716. The monoisotopic (exact) mass is 521 g/mol. The van der Waals surface area contributed by atoms with Crippen LogP contribution in [0.1, 0.15) is 40.5 Å². The van der Waals surface area contributed by atoms with E-state index >= 15 is 0 Å². The molecule has 1 aliphatic rings. The highest BCUT2D eigenvalue weighted by Crippen LogP contribution is 2.36. The van der Waals surface area contributed by atoms with Crippen LogP contribution in [0.3, 0.4) is 0 Å². The van der Waals surface area contributed by atoms with E-state index in [2.05, 4.69) is 56.9 Å². The number of piperidine rings is 1. The Hall–Kier alpha value is -2.45. The van der Waals surface area contributed by atoms with Gasteiger partial charge in [-0.1, -0.05) is 15.9 Å². The summed E-state index contributed by atoms with van der Waals surface area (Å²) in [5.41, 5.74) is 0.485. The Morgan fingerprint density at radius 3 is 2.70 bits per heavy atom. The van der Waals surface area contributed by atoms with E-state index in [1.54, 1.807) is 6.07 Å². The SMILES string of the molecule is [2H]C([2H])([2H])Oc1cc2c(Nc3ccc(Br)cc3F)ncnc2cc1OC([2H])([2H])C1CCN(C(C)(C)C)CC1. The highest BCUT2D eigenvalue weighted by atomic mass is 79.9. The zero-order valence-corrected chi connectivity index (χ0v) is 20.4. The van der Waals surface area contributed by atoms with Crippen molar-refractivity contribution in [3.05, 3.63) is 46.9 Å². The van der Waals surface area contributed by atoms with Gasteiger partial charge in [0.05, 0.1) is 31.7 Å². The highest BCUT2D eigenvalue weighted by molar-refractivity contribution is 9.10. The van der Waals surface area contributed by atoms with Crippen molar-refractivity contribution in [2.75, 3.05) is 32.0 Å². The van der Waals surface area contributed by atoms with E-state index in [4.69, 9.17) is 16.3 Å². The van der Waals surface area contributed by atoms with Gasteiger partial charge in [0.15, 0.2) is 11.5 Å². The average molecular weight is 522 g/mol. The van der Waals surface area contributed by atoms with Crippen LogP contribution in [-0.2, 0) is 0 Å². The molecule has 4 rings (SSSR count). The molecule has 6 nitrogen and oxygen atoms in total. The fourth-order valence-corrected chi connectivity index (χ4v) is 4.19. The zero-order chi connectivity index (χ0) is 27.9. The van der Waals surface area contributed by atoms with Crippen LogP contribution in [-0.4, -0.2) is 47.1 Å². The van der Waals surface area contributed by atoms with Crippen LogP contribution in [0.25, 0.3) is 10.9 Å². The van der Waals surface area contributed by atoms with Crippen LogP contribution >= 0.6 is 15.9 Å². The maximum absolute atomic E-state index is 14.5. The zero-order valence-electron chi connectivity index (χ0n) is 23.8. The van der Waals surface area contributed by atoms with Crippen molar-refractivity contribution < 1.29 is 20.7 Å². The molecule has 8 heteroatoms. The van der Waals surface area contributed by atoms with Crippen LogP contribution < -0.4 is 14.8 Å². The number of nitrogens with zero attached hydrogens (tertiary/aromatic N) is 3. The number of likely N-dealkylation sites (tertiary alicyclic amines) is 1. The fourth-order valence-electron chi connectivity index (χ4n) is 3.86. The minimum atomic E-state index is -2.82. The summed E-state index contributed by atoms with van der Waals surface area (Å²) >= 11 is 3.22. The first kappa shape index (κ1) is 18.0. The Morgan fingerprint density at radius 1 is 1.21 bits per heavy atom. The summed E-state index contributed by atoms with van der Waals surface area (Å²) in [4.78, 5) is 10.7. The van der Waals surface area contributed by atoms with E-state index in [9.17, 15) is 4.39 Å². The second-order valence-corrected chi connectivity index (χ2v) is 9.96. The molecule has 0 radical (unpaired) electrons. The maximum atomic E-state index is 14.5. The maximum Gasteiger partial charge on any atom is 0.163 e. The van der Waals surface area contributed by atoms with Crippen molar-refractivity contribution in [1.82, 2.24) is 14.9 Å². The van der Waals surface area contributed by atoms with Crippen LogP contribution in [0.15, 0.2) is 41.1 Å². The van der Waals surface area contributed by atoms with E-state index in [1.807, 2.05) is 0 Å². The first-order valence-corrected chi connectivity index (χ1v) is 11.6. The van der Waals surface area contributed by atoms with Gasteiger partial charge in [-0.25, -0.2) is 14.4 Å². The van der Waals surface area contributed by atoms with Crippen LogP contribution in [0, 0.1) is 11.7 Å². The third-order valence-electron chi connectivity index (χ3n) is 5.77. The summed E-state index contributed by atoms with van der Waals surface area (Å²) in [6, 6.07) is 7.29. The first-order valence-electron chi connectivity index (χ1n) is 13.3. The quantitative estimate of drug-likeness (QED) is 0.418. The summed E-state index contributed by atoms with van der Waals surface area (Å²) < 4.78 is 66.3. The predicted molar refractivity (Wildman–Crippen MR) is 133 cm³/mol. The van der Waals surface area contributed by atoms with Gasteiger partial charge in [-0.15, -0.1) is 0 Å². The van der Waals surface area contributed by atoms with Crippen molar-refractivity contribution in [1.29, 1.82) is 0 Å². The minimum Gasteiger partial charge on any atom is -0.493 e. The Labute approximate surface area is 209 Å². The van der Waals surface area contributed by atoms with Gasteiger partial charge in [0.25, 0.3) is 0 Å². The second kappa shape index (κ2) is 9.81. The minimum absolute atomic E-state index is 0.0117. The second-order valence-electron chi connectivity index (χ2n) is 9.04. The number of halogens is 2. The molecule has 176 valence electrons. The number of nitrogens with one attached hydrogen (secondary N) is 1. The molecule has 0 atom stereocenters. The van der Waals surface area contributed by atoms with Gasteiger partial charge in [-0.3, -0.25) is 4.90 Å². The number of rotatable bonds is 6. The van der Waals surface area contributed by atoms with E-state index in [-0.39, 0.29) is 28.5 Å². The van der Waals surface area contributed by atoms with Crippen molar-refractivity contribution in [3.63, 3.8) is 0 Å². The van der Waals surface area contributed by atoms with Gasteiger partial charge in [0.1, 0.15) is 18.0 Å². The number of hydrogen-bond donors (Lipinski definition) is 1. The van der Waals surface area contributed by atoms with Crippen molar-refractivity contribution in [2.24, 2.45) is 5.92 Å². The molecule has 33 heavy (non-hydrogen) atoms. The molecule has 3 aromatic rings. The Bertz CT molecular complexity index is 1310. The molecular weight excluding hydrogens is 487 g/mol. The Kier molecular flexibility index (Phi) is 5.34. The summed E-state index contributed by atoms with van der Waals surface area (Å²) in [7, 11) is -2.82. The highest BCUT2D eigenvalue weighted by Gasteiger charge is 2.27. The largest absolute Gasteiger partial charge is 0.493 e. The number of benzene rings is 2. The van der Waals surface area contributed by atoms with Gasteiger partial charge in [-0.05, 0) is 76.9 Å². The van der Waals surface area contributed by atoms with Crippen molar-refractivity contribution in [2.45, 2.75) is 39.2 Å². The van der Waals surface area contributed by atoms with Crippen molar-refractivity contribution >= 4 is 38.3 Å². The smallest absolute Gasteiger partial charge is 0.163 e. The third-order valence-corrected chi connectivity index (χ3v) is 6.27. The van der Waals surface area contributed by atoms with E-state index in [0.717, 1.165) is 13.1 Å². The standard InChI is InChI=1S/C25H30BrFN4O2/c1-25(2,3)31-9-7-16(8-10-31)14-33-23-13-21-18(12-22(23)32-4)24(29-15-28-21)30-20-6-5-17(26)11-19(20)27/h5-6,11-13,15-16H,7-10,14H2,1-4H3,(H,28,29,30)/i4D3,14D2. The molecule has 0 bridgehead atoms. The molecule has 1 saturated heterocycles. The van der Waals surface area contributed by atoms with Gasteiger partial charge in [-0.2, -0.15) is 0 Å². The van der Waals surface area contributed by atoms with Crippen LogP contribution in [0.5, 0.6) is 11.5 Å². The molecule has 2 aromatic carbocycles. The molecule has 0 unspecified atom stereocenters. The fraction of sp³-hybridized carbons (Fsp3) is 0.440. The lowest BCUT2D eigenvalue weighted by atomic mass is 9.93. The van der Waals surface area contributed by atoms with Crippen LogP contribution in [0.4, 0.5) is 15.9 Å². The lowest BCUT2D eigenvalue weighted by Crippen LogP contribution is -2.46. The molecule has 1 N–H and O–H groups in total. The number of ether oxygens (including phenoxy) is 2. The molecule has 0 amide bonds. The van der Waals surface area contributed by atoms with E-state index in [0.29, 0.717) is 28.2 Å². The summed E-state index contributed by atoms with van der Waals surface area (Å²) in [6.45, 7) is 5.75. The predicted octanol–water partition coefficient (Wildman–Crippen LogP) is 6.17. The first-order chi connectivity index (χ1) is 17.6. The Balaban J connectivity index is 1.67. The van der Waals surface area contributed by atoms with Gasteiger partial charge >= 0.3 is 0 Å². The molecule has 2 heterocycles. The number of anilines is 2. The number of methoxy groups -OCH3 is 1. The normalized spacial score (nSPS) is 18.6. The van der Waals surface area contributed by atoms with Crippen molar-refractivity contribution in [3.8, 4) is 11.5 Å². The lowest BCUT2D eigenvalue weighted by Gasteiger charge is -2.40. The average Bonchev–Trinajstić information content (AvgIpc) is 2.80. The number of hydrogen-bond acceptors (Lipinski definition) is 6. The van der Waals surface area contributed by atoms with E-state index < -0.39 is 25.3 Å². The summed E-state index contributed by atoms with van der Waals surface area (Å²) in [6.07, 6.45) is 2.44.